The SMILES string of the molecule is CC(C)c1cc(NC(=O)CN2CCCC2CN)on1. The second kappa shape index (κ2) is 6.16. The molecule has 1 fully saturated rings. The molecule has 6 heteroatoms. The molecule has 1 unspecified atom stereocenters. The van der Waals surface area contributed by atoms with Crippen LogP contribution in [-0.4, -0.2) is 41.6 Å². The van der Waals surface area contributed by atoms with E-state index in [1.165, 1.54) is 0 Å². The molecule has 0 spiro atoms. The minimum Gasteiger partial charge on any atom is -0.338 e. The quantitative estimate of drug-likeness (QED) is 0.835. The molecular formula is C13H22N4O2. The molecule has 1 amide bonds. The summed E-state index contributed by atoms with van der Waals surface area (Å²) in [6.07, 6.45) is 2.18. The lowest BCUT2D eigenvalue weighted by atomic mass is 10.1. The smallest absolute Gasteiger partial charge is 0.240 e. The van der Waals surface area contributed by atoms with Gasteiger partial charge in [0.1, 0.15) is 0 Å². The van der Waals surface area contributed by atoms with Crippen LogP contribution >= 0.6 is 0 Å². The van der Waals surface area contributed by atoms with Gasteiger partial charge >= 0.3 is 0 Å². The Labute approximate surface area is 113 Å². The van der Waals surface area contributed by atoms with E-state index in [1.807, 2.05) is 13.8 Å². The zero-order chi connectivity index (χ0) is 13.8. The van der Waals surface area contributed by atoms with Gasteiger partial charge in [0.05, 0.1) is 12.2 Å². The van der Waals surface area contributed by atoms with E-state index in [2.05, 4.69) is 15.4 Å². The molecule has 1 saturated heterocycles. The van der Waals surface area contributed by atoms with Crippen LogP contribution in [0.2, 0.25) is 0 Å². The molecule has 1 aromatic heterocycles. The predicted octanol–water partition coefficient (Wildman–Crippen LogP) is 1.16. The Bertz CT molecular complexity index is 430. The number of nitrogens with one attached hydrogen (secondary N) is 1. The van der Waals surface area contributed by atoms with Crippen LogP contribution in [0.5, 0.6) is 0 Å². The summed E-state index contributed by atoms with van der Waals surface area (Å²) < 4.78 is 5.09. The summed E-state index contributed by atoms with van der Waals surface area (Å²) in [5, 5.41) is 6.65. The van der Waals surface area contributed by atoms with Crippen LogP contribution in [0.4, 0.5) is 5.88 Å². The lowest BCUT2D eigenvalue weighted by molar-refractivity contribution is -0.117. The first-order chi connectivity index (χ1) is 9.10. The molecule has 1 atom stereocenters. The molecule has 1 aromatic rings. The molecule has 0 aliphatic carbocycles. The third-order valence-electron chi connectivity index (χ3n) is 3.50. The summed E-state index contributed by atoms with van der Waals surface area (Å²) in [5.74, 6) is 0.624. The Balaban J connectivity index is 1.86. The maximum absolute atomic E-state index is 11.9. The molecule has 19 heavy (non-hydrogen) atoms. The van der Waals surface area contributed by atoms with Gasteiger partial charge in [-0.3, -0.25) is 15.0 Å². The number of likely N-dealkylation sites (tertiary alicyclic amines) is 1. The van der Waals surface area contributed by atoms with Crippen LogP contribution < -0.4 is 11.1 Å². The lowest BCUT2D eigenvalue weighted by Gasteiger charge is -2.21. The summed E-state index contributed by atoms with van der Waals surface area (Å²) in [6.45, 7) is 5.95. The highest BCUT2D eigenvalue weighted by Gasteiger charge is 2.25. The predicted molar refractivity (Wildman–Crippen MR) is 72.9 cm³/mol. The van der Waals surface area contributed by atoms with Crippen molar-refractivity contribution in [1.29, 1.82) is 0 Å². The number of carbonyl (C=O) groups is 1. The molecule has 6 nitrogen and oxygen atoms in total. The first kappa shape index (κ1) is 14.0. The summed E-state index contributed by atoms with van der Waals surface area (Å²) >= 11 is 0. The van der Waals surface area contributed by atoms with Gasteiger partial charge in [0.15, 0.2) is 0 Å². The summed E-state index contributed by atoms with van der Waals surface area (Å²) in [7, 11) is 0. The zero-order valence-electron chi connectivity index (χ0n) is 11.6. The minimum atomic E-state index is -0.0770. The average Bonchev–Trinajstić information content (AvgIpc) is 2.97. The number of nitrogens with two attached hydrogens (primary N) is 1. The van der Waals surface area contributed by atoms with E-state index in [-0.39, 0.29) is 11.8 Å². The minimum absolute atomic E-state index is 0.0770. The van der Waals surface area contributed by atoms with Crippen molar-refractivity contribution in [2.75, 3.05) is 25.0 Å². The molecule has 3 N–H and O–H groups in total. The molecule has 106 valence electrons. The fourth-order valence-corrected chi connectivity index (χ4v) is 2.35. The van der Waals surface area contributed by atoms with Gasteiger partial charge in [0, 0.05) is 18.7 Å². The van der Waals surface area contributed by atoms with Gasteiger partial charge in [-0.25, -0.2) is 0 Å². The van der Waals surface area contributed by atoms with Gasteiger partial charge in [0.2, 0.25) is 11.8 Å². The number of anilines is 1. The van der Waals surface area contributed by atoms with Crippen molar-refractivity contribution >= 4 is 11.8 Å². The van der Waals surface area contributed by atoms with Crippen molar-refractivity contribution in [2.24, 2.45) is 5.73 Å². The fourth-order valence-electron chi connectivity index (χ4n) is 2.35. The van der Waals surface area contributed by atoms with E-state index < -0.39 is 0 Å². The van der Waals surface area contributed by atoms with Gasteiger partial charge in [-0.1, -0.05) is 19.0 Å². The Kier molecular flexibility index (Phi) is 4.55. The normalized spacial score (nSPS) is 20.1. The third kappa shape index (κ3) is 3.54. The Morgan fingerprint density at radius 1 is 1.68 bits per heavy atom. The highest BCUT2D eigenvalue weighted by molar-refractivity contribution is 5.91. The van der Waals surface area contributed by atoms with E-state index in [1.54, 1.807) is 6.07 Å². The first-order valence-corrected chi connectivity index (χ1v) is 6.80. The molecule has 0 radical (unpaired) electrons. The van der Waals surface area contributed by atoms with Crippen molar-refractivity contribution in [3.63, 3.8) is 0 Å². The molecule has 1 aliphatic heterocycles. The first-order valence-electron chi connectivity index (χ1n) is 6.80. The van der Waals surface area contributed by atoms with E-state index >= 15 is 0 Å². The van der Waals surface area contributed by atoms with Gasteiger partial charge in [-0.15, -0.1) is 0 Å². The maximum atomic E-state index is 11.9. The Morgan fingerprint density at radius 3 is 3.11 bits per heavy atom. The topological polar surface area (TPSA) is 84.4 Å². The van der Waals surface area contributed by atoms with Gasteiger partial charge in [-0.2, -0.15) is 0 Å². The van der Waals surface area contributed by atoms with E-state index in [0.717, 1.165) is 25.1 Å². The molecular weight excluding hydrogens is 244 g/mol. The Hall–Kier alpha value is -1.40. The van der Waals surface area contributed by atoms with Gasteiger partial charge in [-0.05, 0) is 25.3 Å². The maximum Gasteiger partial charge on any atom is 0.240 e. The van der Waals surface area contributed by atoms with Crippen molar-refractivity contribution < 1.29 is 9.32 Å². The van der Waals surface area contributed by atoms with Crippen molar-refractivity contribution in [3.05, 3.63) is 11.8 Å². The molecule has 1 aliphatic rings. The number of amides is 1. The highest BCUT2D eigenvalue weighted by Crippen LogP contribution is 2.18. The largest absolute Gasteiger partial charge is 0.338 e. The lowest BCUT2D eigenvalue weighted by Crippen LogP contribution is -2.40. The number of hydrogen-bond donors (Lipinski definition) is 2. The summed E-state index contributed by atoms with van der Waals surface area (Å²) in [4.78, 5) is 14.0. The third-order valence-corrected chi connectivity index (χ3v) is 3.50. The fraction of sp³-hybridized carbons (Fsp3) is 0.692. The monoisotopic (exact) mass is 266 g/mol. The molecule has 0 bridgehead atoms. The van der Waals surface area contributed by atoms with Crippen molar-refractivity contribution in [3.8, 4) is 0 Å². The van der Waals surface area contributed by atoms with Crippen molar-refractivity contribution in [1.82, 2.24) is 10.1 Å². The number of nitrogens with zero attached hydrogens (tertiary/aromatic N) is 2. The number of carbonyl (C=O) groups excluding carboxylic acids is 1. The Morgan fingerprint density at radius 2 is 2.47 bits per heavy atom. The number of rotatable bonds is 5. The summed E-state index contributed by atoms with van der Waals surface area (Å²) in [5.41, 5.74) is 6.53. The van der Waals surface area contributed by atoms with E-state index in [4.69, 9.17) is 10.3 Å². The van der Waals surface area contributed by atoms with Gasteiger partial charge < -0.3 is 10.3 Å². The number of aromatic nitrogens is 1. The van der Waals surface area contributed by atoms with E-state index in [9.17, 15) is 4.79 Å². The standard InChI is InChI=1S/C13H22N4O2/c1-9(2)11-6-13(19-16-11)15-12(18)8-17-5-3-4-10(17)7-14/h6,9-10H,3-5,7-8,14H2,1-2H3,(H,15,18). The molecule has 2 rings (SSSR count). The van der Waals surface area contributed by atoms with Crippen LogP contribution in [0.25, 0.3) is 0 Å². The van der Waals surface area contributed by atoms with Crippen LogP contribution in [-0.2, 0) is 4.79 Å². The van der Waals surface area contributed by atoms with Crippen LogP contribution in [0.1, 0.15) is 38.3 Å². The second-order valence-corrected chi connectivity index (χ2v) is 5.32. The molecule has 2 heterocycles. The van der Waals surface area contributed by atoms with Crippen LogP contribution in [0.3, 0.4) is 0 Å². The molecule has 0 aromatic carbocycles. The second-order valence-electron chi connectivity index (χ2n) is 5.32. The van der Waals surface area contributed by atoms with Crippen LogP contribution in [0, 0.1) is 0 Å². The van der Waals surface area contributed by atoms with Gasteiger partial charge in [0.25, 0.3) is 0 Å². The van der Waals surface area contributed by atoms with E-state index in [0.29, 0.717) is 25.0 Å². The van der Waals surface area contributed by atoms with Crippen molar-refractivity contribution in [2.45, 2.75) is 38.6 Å². The highest BCUT2D eigenvalue weighted by atomic mass is 16.5. The number of hydrogen-bond acceptors (Lipinski definition) is 5. The zero-order valence-corrected chi connectivity index (χ0v) is 11.6. The average molecular weight is 266 g/mol. The summed E-state index contributed by atoms with van der Waals surface area (Å²) in [6, 6.07) is 2.10. The molecule has 0 saturated carbocycles. The van der Waals surface area contributed by atoms with Crippen LogP contribution in [0.15, 0.2) is 10.6 Å².